The fourth-order valence-corrected chi connectivity index (χ4v) is 3.35. The summed E-state index contributed by atoms with van der Waals surface area (Å²) in [6, 6.07) is 15.2. The van der Waals surface area contributed by atoms with E-state index in [-0.39, 0.29) is 30.2 Å². The maximum Gasteiger partial charge on any atom is 0.276 e. The minimum Gasteiger partial charge on any atom is -0.494 e. The van der Waals surface area contributed by atoms with Crippen LogP contribution in [0, 0.1) is 5.82 Å². The number of hydrogen-bond donors (Lipinski definition) is 1. The van der Waals surface area contributed by atoms with Gasteiger partial charge in [0.2, 0.25) is 5.91 Å². The first-order valence-corrected chi connectivity index (χ1v) is 10.4. The SMILES string of the molecule is CCOc1ccc(-c2cc3c(=O)n(CCC(=O)NCc4ccc(F)cc4)ccn3n2)cc1. The fraction of sp³-hybridized carbons (Fsp3) is 0.208. The molecule has 0 aliphatic heterocycles. The van der Waals surface area contributed by atoms with Crippen LogP contribution in [-0.2, 0) is 17.9 Å². The van der Waals surface area contributed by atoms with Gasteiger partial charge in [-0.3, -0.25) is 9.59 Å². The first-order chi connectivity index (χ1) is 15.5. The minimum atomic E-state index is -0.319. The van der Waals surface area contributed by atoms with Crippen LogP contribution < -0.4 is 15.6 Å². The van der Waals surface area contributed by atoms with Gasteiger partial charge in [-0.1, -0.05) is 12.1 Å². The van der Waals surface area contributed by atoms with E-state index >= 15 is 0 Å². The number of fused-ring (bicyclic) bond motifs is 1. The van der Waals surface area contributed by atoms with Gasteiger partial charge in [-0.05, 0) is 55.0 Å². The van der Waals surface area contributed by atoms with Crippen molar-refractivity contribution in [2.45, 2.75) is 26.4 Å². The van der Waals surface area contributed by atoms with E-state index in [1.54, 1.807) is 35.1 Å². The van der Waals surface area contributed by atoms with Gasteiger partial charge in [0.15, 0.2) is 0 Å². The molecule has 8 heteroatoms. The lowest BCUT2D eigenvalue weighted by atomic mass is 10.1. The number of aryl methyl sites for hydroxylation is 1. The second-order valence-corrected chi connectivity index (χ2v) is 7.27. The highest BCUT2D eigenvalue weighted by Crippen LogP contribution is 2.21. The highest BCUT2D eigenvalue weighted by molar-refractivity contribution is 5.75. The van der Waals surface area contributed by atoms with E-state index in [9.17, 15) is 14.0 Å². The molecule has 1 amide bonds. The van der Waals surface area contributed by atoms with Crippen LogP contribution in [0.1, 0.15) is 18.9 Å². The predicted octanol–water partition coefficient (Wildman–Crippen LogP) is 3.41. The Labute approximate surface area is 184 Å². The van der Waals surface area contributed by atoms with Crippen molar-refractivity contribution in [1.29, 1.82) is 0 Å². The van der Waals surface area contributed by atoms with E-state index < -0.39 is 0 Å². The van der Waals surface area contributed by atoms with Crippen molar-refractivity contribution in [2.75, 3.05) is 6.61 Å². The normalized spacial score (nSPS) is 10.9. The molecule has 0 saturated heterocycles. The number of halogens is 1. The van der Waals surface area contributed by atoms with Crippen molar-refractivity contribution in [3.05, 3.63) is 88.7 Å². The number of carbonyl (C=O) groups is 1. The van der Waals surface area contributed by atoms with Gasteiger partial charge in [-0.2, -0.15) is 5.10 Å². The largest absolute Gasteiger partial charge is 0.494 e. The van der Waals surface area contributed by atoms with Gasteiger partial charge in [-0.15, -0.1) is 0 Å². The third kappa shape index (κ3) is 4.85. The Morgan fingerprint density at radius 2 is 1.84 bits per heavy atom. The van der Waals surface area contributed by atoms with Crippen molar-refractivity contribution >= 4 is 11.4 Å². The van der Waals surface area contributed by atoms with Gasteiger partial charge < -0.3 is 14.6 Å². The van der Waals surface area contributed by atoms with Crippen LogP contribution in [0.15, 0.2) is 71.8 Å². The van der Waals surface area contributed by atoms with Crippen molar-refractivity contribution in [3.63, 3.8) is 0 Å². The summed E-state index contributed by atoms with van der Waals surface area (Å²) in [6.07, 6.45) is 3.47. The molecular formula is C24H23FN4O3. The molecule has 2 aromatic carbocycles. The van der Waals surface area contributed by atoms with Gasteiger partial charge >= 0.3 is 0 Å². The zero-order valence-electron chi connectivity index (χ0n) is 17.6. The minimum absolute atomic E-state index is 0.150. The average molecular weight is 434 g/mol. The van der Waals surface area contributed by atoms with E-state index in [4.69, 9.17) is 4.74 Å². The molecule has 4 rings (SSSR count). The van der Waals surface area contributed by atoms with Crippen molar-refractivity contribution in [3.8, 4) is 17.0 Å². The summed E-state index contributed by atoms with van der Waals surface area (Å²) in [4.78, 5) is 25.0. The van der Waals surface area contributed by atoms with Crippen LogP contribution >= 0.6 is 0 Å². The maximum absolute atomic E-state index is 13.0. The van der Waals surface area contributed by atoms with E-state index in [1.165, 1.54) is 16.7 Å². The summed E-state index contributed by atoms with van der Waals surface area (Å²) < 4.78 is 21.4. The van der Waals surface area contributed by atoms with Crippen molar-refractivity contribution in [2.24, 2.45) is 0 Å². The van der Waals surface area contributed by atoms with Crippen LogP contribution in [0.2, 0.25) is 0 Å². The molecule has 0 saturated carbocycles. The Morgan fingerprint density at radius 3 is 2.56 bits per heavy atom. The number of nitrogens with one attached hydrogen (secondary N) is 1. The van der Waals surface area contributed by atoms with Gasteiger partial charge in [0.25, 0.3) is 5.56 Å². The van der Waals surface area contributed by atoms with E-state index in [0.29, 0.717) is 24.4 Å². The lowest BCUT2D eigenvalue weighted by Crippen LogP contribution is -2.27. The Kier molecular flexibility index (Phi) is 6.30. The number of rotatable bonds is 8. The van der Waals surface area contributed by atoms with Crippen molar-refractivity contribution < 1.29 is 13.9 Å². The Bertz CT molecular complexity index is 1280. The third-order valence-corrected chi connectivity index (χ3v) is 5.05. The highest BCUT2D eigenvalue weighted by atomic mass is 19.1. The smallest absolute Gasteiger partial charge is 0.276 e. The molecule has 0 aliphatic carbocycles. The van der Waals surface area contributed by atoms with E-state index in [0.717, 1.165) is 16.9 Å². The summed E-state index contributed by atoms with van der Waals surface area (Å²) >= 11 is 0. The molecular weight excluding hydrogens is 411 g/mol. The van der Waals surface area contributed by atoms with Gasteiger partial charge in [0.05, 0.1) is 12.3 Å². The lowest BCUT2D eigenvalue weighted by molar-refractivity contribution is -0.121. The average Bonchev–Trinajstić information content (AvgIpc) is 3.24. The second kappa shape index (κ2) is 9.47. The maximum atomic E-state index is 13.0. The zero-order valence-corrected chi connectivity index (χ0v) is 17.6. The van der Waals surface area contributed by atoms with Crippen LogP contribution in [-0.4, -0.2) is 26.7 Å². The number of hydrogen-bond acceptors (Lipinski definition) is 4. The fourth-order valence-electron chi connectivity index (χ4n) is 3.35. The number of benzene rings is 2. The molecule has 1 N–H and O–H groups in total. The lowest BCUT2D eigenvalue weighted by Gasteiger charge is -2.07. The highest BCUT2D eigenvalue weighted by Gasteiger charge is 2.11. The quantitative estimate of drug-likeness (QED) is 0.461. The van der Waals surface area contributed by atoms with Crippen molar-refractivity contribution in [1.82, 2.24) is 19.5 Å². The number of nitrogens with zero attached hydrogens (tertiary/aromatic N) is 3. The summed E-state index contributed by atoms with van der Waals surface area (Å²) in [6.45, 7) is 3.07. The zero-order chi connectivity index (χ0) is 22.5. The van der Waals surface area contributed by atoms with Crippen LogP contribution in [0.25, 0.3) is 16.8 Å². The Morgan fingerprint density at radius 1 is 1.09 bits per heavy atom. The molecule has 0 spiro atoms. The molecule has 0 fully saturated rings. The molecule has 2 aromatic heterocycles. The second-order valence-electron chi connectivity index (χ2n) is 7.27. The number of ether oxygens (including phenoxy) is 1. The molecule has 32 heavy (non-hydrogen) atoms. The molecule has 0 bridgehead atoms. The summed E-state index contributed by atoms with van der Waals surface area (Å²) in [5.41, 5.74) is 2.58. The molecule has 164 valence electrons. The number of aromatic nitrogens is 3. The molecule has 7 nitrogen and oxygen atoms in total. The molecule has 4 aromatic rings. The topological polar surface area (TPSA) is 77.6 Å². The summed E-state index contributed by atoms with van der Waals surface area (Å²) in [5.74, 6) is 0.269. The van der Waals surface area contributed by atoms with E-state index in [2.05, 4.69) is 10.4 Å². The Balaban J connectivity index is 1.42. The molecule has 0 aliphatic rings. The van der Waals surface area contributed by atoms with Crippen LogP contribution in [0.5, 0.6) is 5.75 Å². The molecule has 0 atom stereocenters. The number of amides is 1. The number of carbonyl (C=O) groups excluding carboxylic acids is 1. The summed E-state index contributed by atoms with van der Waals surface area (Å²) in [5, 5.41) is 7.26. The Hall–Kier alpha value is -3.94. The van der Waals surface area contributed by atoms with Crippen LogP contribution in [0.3, 0.4) is 0 Å². The standard InChI is InChI=1S/C24H23FN4O3/c1-2-32-20-9-5-18(6-10-20)21-15-22-24(31)28(13-14-29(22)27-21)12-11-23(30)26-16-17-3-7-19(25)8-4-17/h3-10,13-15H,2,11-12,16H2,1H3,(H,26,30). The third-order valence-electron chi connectivity index (χ3n) is 5.05. The molecule has 0 radical (unpaired) electrons. The first kappa shape index (κ1) is 21.3. The molecule has 0 unspecified atom stereocenters. The molecule has 2 heterocycles. The summed E-state index contributed by atoms with van der Waals surface area (Å²) in [7, 11) is 0. The van der Waals surface area contributed by atoms with E-state index in [1.807, 2.05) is 31.2 Å². The first-order valence-electron chi connectivity index (χ1n) is 10.4. The van der Waals surface area contributed by atoms with Gasteiger partial charge in [0, 0.05) is 37.5 Å². The van der Waals surface area contributed by atoms with Gasteiger partial charge in [-0.25, -0.2) is 8.91 Å². The van der Waals surface area contributed by atoms with Gasteiger partial charge in [0.1, 0.15) is 17.1 Å². The predicted molar refractivity (Wildman–Crippen MR) is 119 cm³/mol. The monoisotopic (exact) mass is 434 g/mol. The van der Waals surface area contributed by atoms with Crippen LogP contribution in [0.4, 0.5) is 4.39 Å².